The van der Waals surface area contributed by atoms with Crippen molar-refractivity contribution < 1.29 is 4.79 Å². The molecule has 0 radical (unpaired) electrons. The fourth-order valence-electron chi connectivity index (χ4n) is 2.74. The van der Waals surface area contributed by atoms with Gasteiger partial charge in [0.25, 0.3) is 0 Å². The molecule has 1 aromatic carbocycles. The Morgan fingerprint density at radius 3 is 2.79 bits per heavy atom. The molecule has 3 aliphatic heterocycles. The molecule has 4 rings (SSSR count). The minimum Gasteiger partial charge on any atom is -0.325 e. The molecule has 0 saturated heterocycles. The van der Waals surface area contributed by atoms with Gasteiger partial charge in [-0.3, -0.25) is 9.36 Å². The number of nitrogens with zero attached hydrogens (tertiary/aromatic N) is 2. The van der Waals surface area contributed by atoms with Gasteiger partial charge < -0.3 is 5.32 Å². The van der Waals surface area contributed by atoms with Crippen LogP contribution in [-0.2, 0) is 10.2 Å². The van der Waals surface area contributed by atoms with Crippen LogP contribution in [0.15, 0.2) is 24.3 Å². The number of anilines is 1. The summed E-state index contributed by atoms with van der Waals surface area (Å²) in [5.74, 6) is 0.0329. The van der Waals surface area contributed by atoms with Gasteiger partial charge in [-0.1, -0.05) is 6.07 Å². The molecule has 92 valence electrons. The van der Waals surface area contributed by atoms with Crippen LogP contribution < -0.4 is 5.32 Å². The Bertz CT molecular complexity index is 806. The number of hydrogen-bond acceptors (Lipinski definition) is 2. The number of aromatic nitrogens is 1. The number of nitriles is 1. The lowest BCUT2D eigenvalue weighted by Gasteiger charge is -2.16. The molecule has 19 heavy (non-hydrogen) atoms. The molecular weight excluding hydrogens is 238 g/mol. The Kier molecular flexibility index (Phi) is 1.58. The van der Waals surface area contributed by atoms with Crippen LogP contribution in [0.2, 0.25) is 0 Å². The largest absolute Gasteiger partial charge is 0.325 e. The van der Waals surface area contributed by atoms with Crippen LogP contribution in [0.3, 0.4) is 0 Å². The molecule has 0 saturated carbocycles. The fourth-order valence-corrected chi connectivity index (χ4v) is 2.74. The van der Waals surface area contributed by atoms with Gasteiger partial charge in [-0.05, 0) is 43.2 Å². The van der Waals surface area contributed by atoms with Crippen molar-refractivity contribution in [2.24, 2.45) is 0 Å². The molecule has 1 N–H and O–H groups in total. The molecule has 1 amide bonds. The summed E-state index contributed by atoms with van der Waals surface area (Å²) in [6, 6.07) is 10.1. The minimum atomic E-state index is -0.497. The molecule has 4 heteroatoms. The summed E-state index contributed by atoms with van der Waals surface area (Å²) < 4.78 is 1.94. The first-order chi connectivity index (χ1) is 9.04. The number of fused-ring (bicyclic) bond motifs is 2. The summed E-state index contributed by atoms with van der Waals surface area (Å²) in [7, 11) is 0. The van der Waals surface area contributed by atoms with Gasteiger partial charge in [-0.25, -0.2) is 0 Å². The van der Waals surface area contributed by atoms with E-state index in [0.29, 0.717) is 0 Å². The Hall–Kier alpha value is -2.54. The monoisotopic (exact) mass is 249 g/mol. The number of rotatable bonds is 1. The Morgan fingerprint density at radius 1 is 1.32 bits per heavy atom. The molecule has 4 nitrogen and oxygen atoms in total. The highest BCUT2D eigenvalue weighted by atomic mass is 16.2. The van der Waals surface area contributed by atoms with E-state index in [9.17, 15) is 4.79 Å². The third kappa shape index (κ3) is 1.10. The van der Waals surface area contributed by atoms with Gasteiger partial charge in [0.2, 0.25) is 5.91 Å². The van der Waals surface area contributed by atoms with Gasteiger partial charge in [-0.2, -0.15) is 5.26 Å². The molecular formula is C15H11N3O. The fraction of sp³-hybridized carbons (Fsp3) is 0.200. The molecule has 3 heterocycles. The SMILES string of the molecule is CC1(C)C(=O)Nc2ccc(-c3cc4c(C#N)n3-4)cc21. The zero-order chi connectivity index (χ0) is 13.4. The van der Waals surface area contributed by atoms with Gasteiger partial charge in [0.1, 0.15) is 11.8 Å². The average molecular weight is 249 g/mol. The Labute approximate surface area is 110 Å². The third-order valence-corrected chi connectivity index (χ3v) is 4.08. The van der Waals surface area contributed by atoms with Gasteiger partial charge in [-0.15, -0.1) is 0 Å². The molecule has 0 unspecified atom stereocenters. The summed E-state index contributed by atoms with van der Waals surface area (Å²) in [5.41, 5.74) is 5.27. The summed E-state index contributed by atoms with van der Waals surface area (Å²) in [4.78, 5) is 11.9. The van der Waals surface area contributed by atoms with Crippen molar-refractivity contribution in [3.05, 3.63) is 35.5 Å². The lowest BCUT2D eigenvalue weighted by molar-refractivity contribution is -0.119. The molecule has 3 aliphatic rings. The summed E-state index contributed by atoms with van der Waals surface area (Å²) >= 11 is 0. The molecule has 0 bridgehead atoms. The highest BCUT2D eigenvalue weighted by Crippen LogP contribution is 2.45. The van der Waals surface area contributed by atoms with Crippen LogP contribution in [0.25, 0.3) is 16.9 Å². The molecule has 0 spiro atoms. The highest BCUT2D eigenvalue weighted by molar-refractivity contribution is 6.06. The Morgan fingerprint density at radius 2 is 2.11 bits per heavy atom. The van der Waals surface area contributed by atoms with Gasteiger partial charge in [0.15, 0.2) is 0 Å². The van der Waals surface area contributed by atoms with E-state index in [1.54, 1.807) is 0 Å². The van der Waals surface area contributed by atoms with Crippen molar-refractivity contribution in [1.82, 2.24) is 4.57 Å². The maximum atomic E-state index is 11.9. The second-order valence-corrected chi connectivity index (χ2v) is 5.55. The zero-order valence-electron chi connectivity index (χ0n) is 10.6. The van der Waals surface area contributed by atoms with Crippen LogP contribution in [0.5, 0.6) is 0 Å². The van der Waals surface area contributed by atoms with Crippen molar-refractivity contribution in [2.75, 3.05) is 5.32 Å². The van der Waals surface area contributed by atoms with Crippen LogP contribution in [0, 0.1) is 11.3 Å². The van der Waals surface area contributed by atoms with E-state index >= 15 is 0 Å². The van der Waals surface area contributed by atoms with E-state index in [2.05, 4.69) is 11.4 Å². The van der Waals surface area contributed by atoms with Crippen molar-refractivity contribution >= 4 is 11.6 Å². The van der Waals surface area contributed by atoms with E-state index in [-0.39, 0.29) is 5.91 Å². The first-order valence-electron chi connectivity index (χ1n) is 6.16. The normalized spacial score (nSPS) is 16.8. The first-order valence-corrected chi connectivity index (χ1v) is 6.16. The predicted octanol–water partition coefficient (Wildman–Crippen LogP) is 2.56. The van der Waals surface area contributed by atoms with Crippen LogP contribution >= 0.6 is 0 Å². The van der Waals surface area contributed by atoms with E-state index < -0.39 is 5.41 Å². The molecule has 0 aliphatic carbocycles. The molecule has 0 aromatic heterocycles. The highest BCUT2D eigenvalue weighted by Gasteiger charge is 2.39. The quantitative estimate of drug-likeness (QED) is 0.720. The third-order valence-electron chi connectivity index (χ3n) is 4.08. The van der Waals surface area contributed by atoms with E-state index in [4.69, 9.17) is 5.26 Å². The van der Waals surface area contributed by atoms with Gasteiger partial charge >= 0.3 is 0 Å². The van der Waals surface area contributed by atoms with Crippen LogP contribution in [0.4, 0.5) is 5.69 Å². The van der Waals surface area contributed by atoms with Crippen molar-refractivity contribution in [3.63, 3.8) is 0 Å². The second-order valence-electron chi connectivity index (χ2n) is 5.55. The van der Waals surface area contributed by atoms with E-state index in [0.717, 1.165) is 33.9 Å². The summed E-state index contributed by atoms with van der Waals surface area (Å²) in [6.07, 6.45) is 0. The topological polar surface area (TPSA) is 57.8 Å². The zero-order valence-corrected chi connectivity index (χ0v) is 10.6. The summed E-state index contributed by atoms with van der Waals surface area (Å²) in [6.45, 7) is 3.85. The predicted molar refractivity (Wildman–Crippen MR) is 71.1 cm³/mol. The average Bonchev–Trinajstić information content (AvgIpc) is 2.85. The number of carbonyl (C=O) groups excluding carboxylic acids is 1. The maximum Gasteiger partial charge on any atom is 0.234 e. The van der Waals surface area contributed by atoms with E-state index in [1.165, 1.54) is 0 Å². The molecule has 0 atom stereocenters. The summed E-state index contributed by atoms with van der Waals surface area (Å²) in [5, 5.41) is 11.8. The maximum absolute atomic E-state index is 11.9. The number of amides is 1. The van der Waals surface area contributed by atoms with Crippen molar-refractivity contribution in [2.45, 2.75) is 19.3 Å². The second kappa shape index (κ2) is 2.89. The number of carbonyl (C=O) groups is 1. The number of nitrogens with one attached hydrogen (secondary N) is 1. The molecule has 1 aromatic rings. The first kappa shape index (κ1) is 10.4. The number of hydrogen-bond donors (Lipinski definition) is 1. The van der Waals surface area contributed by atoms with Crippen LogP contribution in [-0.4, -0.2) is 10.5 Å². The molecule has 0 fully saturated rings. The lowest BCUT2D eigenvalue weighted by Crippen LogP contribution is -2.26. The van der Waals surface area contributed by atoms with E-state index in [1.807, 2.05) is 42.7 Å². The van der Waals surface area contributed by atoms with Crippen LogP contribution in [0.1, 0.15) is 25.1 Å². The lowest BCUT2D eigenvalue weighted by atomic mass is 9.85. The Balaban J connectivity index is 1.84. The van der Waals surface area contributed by atoms with Crippen molar-refractivity contribution in [3.8, 4) is 23.0 Å². The van der Waals surface area contributed by atoms with Crippen molar-refractivity contribution in [1.29, 1.82) is 5.26 Å². The minimum absolute atomic E-state index is 0.0329. The standard InChI is InChI=1S/C15H11N3O/c1-15(2)9-5-8(3-4-10(9)17-14(15)19)11-6-12-13(7-16)18(11)12/h3-6H,1-2H3,(H,17,19). The van der Waals surface area contributed by atoms with Gasteiger partial charge in [0.05, 0.1) is 16.8 Å². The smallest absolute Gasteiger partial charge is 0.234 e. The number of benzene rings is 1. The van der Waals surface area contributed by atoms with Gasteiger partial charge in [0, 0.05) is 5.69 Å².